The summed E-state index contributed by atoms with van der Waals surface area (Å²) in [6.07, 6.45) is 19.5. The summed E-state index contributed by atoms with van der Waals surface area (Å²) in [5, 5.41) is 14.6. The number of anilines is 1. The summed E-state index contributed by atoms with van der Waals surface area (Å²) < 4.78 is 0. The van der Waals surface area contributed by atoms with E-state index in [0.717, 1.165) is 43.6 Å². The summed E-state index contributed by atoms with van der Waals surface area (Å²) in [5.74, 6) is -0.839. The van der Waals surface area contributed by atoms with Crippen LogP contribution in [-0.4, -0.2) is 28.9 Å². The zero-order chi connectivity index (χ0) is 19.6. The average Bonchev–Trinajstić information content (AvgIpc) is 3.08. The fraction of sp³-hybridized carbons (Fsp3) is 0.667. The van der Waals surface area contributed by atoms with Crippen LogP contribution in [0.25, 0.3) is 0 Å². The quantitative estimate of drug-likeness (QED) is 0.192. The Morgan fingerprint density at radius 2 is 1.56 bits per heavy atom. The smallest absolute Gasteiger partial charge is 0.309 e. The van der Waals surface area contributed by atoms with E-state index in [1.54, 1.807) is 5.38 Å². The lowest BCUT2D eigenvalue weighted by molar-refractivity contribution is -0.136. The molecule has 0 unspecified atom stereocenters. The molecule has 27 heavy (non-hydrogen) atoms. The van der Waals surface area contributed by atoms with E-state index in [1.165, 1.54) is 56.3 Å². The van der Waals surface area contributed by atoms with Crippen LogP contribution >= 0.6 is 11.3 Å². The van der Waals surface area contributed by atoms with Crippen molar-refractivity contribution in [3.8, 4) is 0 Å². The standard InChI is InChI=1S/C21H34N2O3S/c24-16-14-12-10-8-6-4-2-1-3-5-7-9-11-13-15-22-21-23-19(18-27-21)17-20(25)26/h2,4,16,18H,1,3,5-15,17H2,(H,22,23)(H,25,26)/b4-2-. The summed E-state index contributed by atoms with van der Waals surface area (Å²) in [7, 11) is 0. The van der Waals surface area contributed by atoms with Crippen LogP contribution in [0.3, 0.4) is 0 Å². The molecule has 0 spiro atoms. The second-order valence-electron chi connectivity index (χ2n) is 6.83. The second-order valence-corrected chi connectivity index (χ2v) is 7.69. The van der Waals surface area contributed by atoms with Gasteiger partial charge in [0.05, 0.1) is 12.1 Å². The van der Waals surface area contributed by atoms with Crippen molar-refractivity contribution in [1.29, 1.82) is 0 Å². The summed E-state index contributed by atoms with van der Waals surface area (Å²) in [6, 6.07) is 0. The van der Waals surface area contributed by atoms with Crippen LogP contribution in [-0.2, 0) is 16.0 Å². The molecular weight excluding hydrogens is 360 g/mol. The first-order chi connectivity index (χ1) is 13.2. The average molecular weight is 395 g/mol. The molecule has 0 fully saturated rings. The topological polar surface area (TPSA) is 79.3 Å². The number of aldehydes is 1. The minimum atomic E-state index is -0.839. The van der Waals surface area contributed by atoms with Gasteiger partial charge in [0.25, 0.3) is 0 Å². The third-order valence-corrected chi connectivity index (χ3v) is 5.17. The summed E-state index contributed by atoms with van der Waals surface area (Å²) in [6.45, 7) is 0.898. The largest absolute Gasteiger partial charge is 0.481 e. The third kappa shape index (κ3) is 14.1. The lowest BCUT2D eigenvalue weighted by atomic mass is 10.1. The van der Waals surface area contributed by atoms with Gasteiger partial charge in [-0.3, -0.25) is 4.79 Å². The van der Waals surface area contributed by atoms with Gasteiger partial charge in [-0.2, -0.15) is 0 Å². The number of allylic oxidation sites excluding steroid dienone is 2. The van der Waals surface area contributed by atoms with Gasteiger partial charge in [-0.25, -0.2) is 4.98 Å². The van der Waals surface area contributed by atoms with Crippen LogP contribution in [0.4, 0.5) is 5.13 Å². The molecule has 1 aromatic rings. The van der Waals surface area contributed by atoms with Crippen LogP contribution < -0.4 is 5.32 Å². The van der Waals surface area contributed by atoms with Crippen molar-refractivity contribution in [3.63, 3.8) is 0 Å². The number of hydrogen-bond donors (Lipinski definition) is 2. The predicted molar refractivity (Wildman–Crippen MR) is 113 cm³/mol. The van der Waals surface area contributed by atoms with Gasteiger partial charge < -0.3 is 15.2 Å². The van der Waals surface area contributed by atoms with E-state index in [-0.39, 0.29) is 6.42 Å². The van der Waals surface area contributed by atoms with Gasteiger partial charge in [0.15, 0.2) is 5.13 Å². The highest BCUT2D eigenvalue weighted by Gasteiger charge is 2.05. The van der Waals surface area contributed by atoms with E-state index in [1.807, 2.05) is 0 Å². The Balaban J connectivity index is 1.84. The predicted octanol–water partition coefficient (Wildman–Crippen LogP) is 5.62. The highest BCUT2D eigenvalue weighted by molar-refractivity contribution is 7.13. The number of rotatable bonds is 18. The first-order valence-electron chi connectivity index (χ1n) is 10.2. The maximum absolute atomic E-state index is 10.6. The van der Waals surface area contributed by atoms with Crippen molar-refractivity contribution in [2.24, 2.45) is 0 Å². The number of thiazole rings is 1. The van der Waals surface area contributed by atoms with Crippen molar-refractivity contribution < 1.29 is 14.7 Å². The number of carbonyl (C=O) groups is 2. The Hall–Kier alpha value is -1.69. The molecule has 152 valence electrons. The Kier molecular flexibility index (Phi) is 14.3. The number of aromatic nitrogens is 1. The Morgan fingerprint density at radius 3 is 2.22 bits per heavy atom. The van der Waals surface area contributed by atoms with E-state index in [4.69, 9.17) is 5.11 Å². The van der Waals surface area contributed by atoms with Gasteiger partial charge in [0.1, 0.15) is 6.29 Å². The lowest BCUT2D eigenvalue weighted by Gasteiger charge is -2.03. The summed E-state index contributed by atoms with van der Waals surface area (Å²) in [4.78, 5) is 25.1. The van der Waals surface area contributed by atoms with E-state index in [9.17, 15) is 9.59 Å². The summed E-state index contributed by atoms with van der Waals surface area (Å²) in [5.41, 5.74) is 0.627. The molecule has 0 saturated heterocycles. The zero-order valence-corrected chi connectivity index (χ0v) is 17.1. The second kappa shape index (κ2) is 16.5. The van der Waals surface area contributed by atoms with E-state index in [2.05, 4.69) is 22.5 Å². The minimum absolute atomic E-state index is 0.00519. The Bertz CT molecular complexity index is 543. The first-order valence-corrected chi connectivity index (χ1v) is 11.1. The van der Waals surface area contributed by atoms with Gasteiger partial charge in [-0.1, -0.05) is 44.3 Å². The normalized spacial score (nSPS) is 11.1. The Morgan fingerprint density at radius 1 is 0.963 bits per heavy atom. The van der Waals surface area contributed by atoms with Crippen molar-refractivity contribution in [2.45, 2.75) is 83.5 Å². The van der Waals surface area contributed by atoms with Gasteiger partial charge in [0, 0.05) is 18.3 Å². The maximum Gasteiger partial charge on any atom is 0.309 e. The molecule has 2 N–H and O–H groups in total. The van der Waals surface area contributed by atoms with Crippen molar-refractivity contribution in [1.82, 2.24) is 4.98 Å². The van der Waals surface area contributed by atoms with Crippen molar-refractivity contribution in [3.05, 3.63) is 23.2 Å². The van der Waals surface area contributed by atoms with E-state index < -0.39 is 5.97 Å². The highest BCUT2D eigenvalue weighted by atomic mass is 32.1. The minimum Gasteiger partial charge on any atom is -0.481 e. The number of nitrogens with one attached hydrogen (secondary N) is 1. The van der Waals surface area contributed by atoms with Gasteiger partial charge in [-0.15, -0.1) is 11.3 Å². The lowest BCUT2D eigenvalue weighted by Crippen LogP contribution is -2.03. The fourth-order valence-electron chi connectivity index (χ4n) is 2.82. The van der Waals surface area contributed by atoms with Crippen molar-refractivity contribution in [2.75, 3.05) is 11.9 Å². The molecule has 1 rings (SSSR count). The molecule has 0 aromatic carbocycles. The molecule has 6 heteroatoms. The molecule has 1 aromatic heterocycles. The van der Waals surface area contributed by atoms with Crippen LogP contribution in [0.2, 0.25) is 0 Å². The van der Waals surface area contributed by atoms with Crippen LogP contribution in [0.15, 0.2) is 17.5 Å². The number of hydrogen-bond acceptors (Lipinski definition) is 5. The molecule has 0 aliphatic carbocycles. The van der Waals surface area contributed by atoms with Crippen LogP contribution in [0.1, 0.15) is 82.7 Å². The van der Waals surface area contributed by atoms with Gasteiger partial charge in [-0.05, 0) is 38.5 Å². The number of nitrogens with zero attached hydrogens (tertiary/aromatic N) is 1. The molecule has 1 heterocycles. The molecule has 0 saturated carbocycles. The van der Waals surface area contributed by atoms with Gasteiger partial charge >= 0.3 is 5.97 Å². The number of carbonyl (C=O) groups excluding carboxylic acids is 1. The fourth-order valence-corrected chi connectivity index (χ4v) is 3.56. The molecule has 5 nitrogen and oxygen atoms in total. The van der Waals surface area contributed by atoms with Gasteiger partial charge in [0.2, 0.25) is 0 Å². The molecule has 0 bridgehead atoms. The first kappa shape index (κ1) is 23.3. The van der Waals surface area contributed by atoms with Crippen LogP contribution in [0, 0.1) is 0 Å². The third-order valence-electron chi connectivity index (χ3n) is 4.32. The molecular formula is C21H34N2O3S. The molecule has 0 atom stereocenters. The molecule has 0 aliphatic rings. The van der Waals surface area contributed by atoms with E-state index in [0.29, 0.717) is 12.1 Å². The summed E-state index contributed by atoms with van der Waals surface area (Å²) >= 11 is 1.47. The zero-order valence-electron chi connectivity index (χ0n) is 16.3. The molecule has 0 radical (unpaired) electrons. The Labute approximate surface area is 167 Å². The van der Waals surface area contributed by atoms with Crippen LogP contribution in [0.5, 0.6) is 0 Å². The monoisotopic (exact) mass is 394 g/mol. The number of aliphatic carboxylic acids is 1. The molecule has 0 aliphatic heterocycles. The number of carboxylic acid groups (broad SMARTS) is 1. The number of unbranched alkanes of at least 4 members (excludes halogenated alkanes) is 10. The van der Waals surface area contributed by atoms with E-state index >= 15 is 0 Å². The highest BCUT2D eigenvalue weighted by Crippen LogP contribution is 2.16. The maximum atomic E-state index is 10.6. The number of carboxylic acids is 1. The SMILES string of the molecule is O=CCCCCC/C=C\CCCCCCCCNc1nc(CC(=O)O)cs1. The molecule has 0 amide bonds. The van der Waals surface area contributed by atoms with Crippen molar-refractivity contribution >= 4 is 28.7 Å².